The molecule has 0 aliphatic carbocycles. The number of hydrogen-bond acceptors (Lipinski definition) is 4. The van der Waals surface area contributed by atoms with Gasteiger partial charge in [-0.25, -0.2) is 0 Å². The third-order valence-electron chi connectivity index (χ3n) is 3.74. The van der Waals surface area contributed by atoms with Crippen LogP contribution in [-0.4, -0.2) is 18.1 Å². The standard InChI is InChI=1S/C19H18N2O3/c1-19(2)10-13-7-5-9-16(18(13)24-19)23-12-17(22)21-15-8-4-3-6-14(15)11-20/h3-9H,10,12H2,1-2H3,(H,21,22). The summed E-state index contributed by atoms with van der Waals surface area (Å²) in [5.74, 6) is 0.932. The highest BCUT2D eigenvalue weighted by Gasteiger charge is 2.32. The predicted molar refractivity (Wildman–Crippen MR) is 90.1 cm³/mol. The fourth-order valence-electron chi connectivity index (χ4n) is 2.72. The highest BCUT2D eigenvalue weighted by Crippen LogP contribution is 2.41. The summed E-state index contributed by atoms with van der Waals surface area (Å²) in [5, 5.41) is 11.7. The average Bonchev–Trinajstić information content (AvgIpc) is 2.87. The lowest BCUT2D eigenvalue weighted by molar-refractivity contribution is -0.118. The Morgan fingerprint density at radius 1 is 1.29 bits per heavy atom. The molecule has 2 aromatic carbocycles. The lowest BCUT2D eigenvalue weighted by atomic mass is 10.0. The quantitative estimate of drug-likeness (QED) is 0.937. The molecule has 2 aromatic rings. The summed E-state index contributed by atoms with van der Waals surface area (Å²) in [6.45, 7) is 3.88. The van der Waals surface area contributed by atoms with E-state index in [1.54, 1.807) is 30.3 Å². The molecule has 5 nitrogen and oxygen atoms in total. The number of para-hydroxylation sites is 2. The van der Waals surface area contributed by atoms with Gasteiger partial charge in [0.25, 0.3) is 5.91 Å². The van der Waals surface area contributed by atoms with Crippen LogP contribution in [0.5, 0.6) is 11.5 Å². The van der Waals surface area contributed by atoms with E-state index in [-0.39, 0.29) is 18.1 Å². The highest BCUT2D eigenvalue weighted by molar-refractivity contribution is 5.93. The van der Waals surface area contributed by atoms with Crippen molar-refractivity contribution in [2.75, 3.05) is 11.9 Å². The molecular weight excluding hydrogens is 304 g/mol. The summed E-state index contributed by atoms with van der Waals surface area (Å²) >= 11 is 0. The van der Waals surface area contributed by atoms with Gasteiger partial charge < -0.3 is 14.8 Å². The number of nitrogens with one attached hydrogen (secondary N) is 1. The van der Waals surface area contributed by atoms with Crippen LogP contribution < -0.4 is 14.8 Å². The summed E-state index contributed by atoms with van der Waals surface area (Å²) < 4.78 is 11.5. The smallest absolute Gasteiger partial charge is 0.262 e. The molecule has 0 spiro atoms. The third-order valence-corrected chi connectivity index (χ3v) is 3.74. The summed E-state index contributed by atoms with van der Waals surface area (Å²) in [4.78, 5) is 12.1. The van der Waals surface area contributed by atoms with Gasteiger partial charge in [-0.3, -0.25) is 4.79 Å². The van der Waals surface area contributed by atoms with Gasteiger partial charge in [-0.1, -0.05) is 24.3 Å². The maximum atomic E-state index is 12.1. The lowest BCUT2D eigenvalue weighted by Gasteiger charge is -2.18. The summed E-state index contributed by atoms with van der Waals surface area (Å²) in [5.41, 5.74) is 1.70. The molecule has 0 aromatic heterocycles. The second kappa shape index (κ2) is 6.25. The zero-order valence-electron chi connectivity index (χ0n) is 13.6. The first-order valence-electron chi connectivity index (χ1n) is 7.71. The minimum absolute atomic E-state index is 0.153. The number of nitriles is 1. The van der Waals surface area contributed by atoms with Crippen molar-refractivity contribution < 1.29 is 14.3 Å². The van der Waals surface area contributed by atoms with Crippen molar-refractivity contribution in [3.8, 4) is 17.6 Å². The average molecular weight is 322 g/mol. The van der Waals surface area contributed by atoms with E-state index < -0.39 is 0 Å². The normalized spacial score (nSPS) is 14.2. The number of carbonyl (C=O) groups is 1. The maximum Gasteiger partial charge on any atom is 0.262 e. The van der Waals surface area contributed by atoms with E-state index in [9.17, 15) is 4.79 Å². The van der Waals surface area contributed by atoms with Gasteiger partial charge in [0.2, 0.25) is 0 Å². The molecule has 0 unspecified atom stereocenters. The van der Waals surface area contributed by atoms with Crippen molar-refractivity contribution in [2.24, 2.45) is 0 Å². The first-order valence-corrected chi connectivity index (χ1v) is 7.71. The molecule has 1 aliphatic rings. The van der Waals surface area contributed by atoms with Crippen LogP contribution in [0.2, 0.25) is 0 Å². The Labute approximate surface area is 140 Å². The first kappa shape index (κ1) is 15.9. The van der Waals surface area contributed by atoms with E-state index in [4.69, 9.17) is 14.7 Å². The monoisotopic (exact) mass is 322 g/mol. The van der Waals surface area contributed by atoms with Gasteiger partial charge in [-0.05, 0) is 32.0 Å². The van der Waals surface area contributed by atoms with E-state index in [1.807, 2.05) is 32.0 Å². The summed E-state index contributed by atoms with van der Waals surface area (Å²) in [6.07, 6.45) is 0.807. The van der Waals surface area contributed by atoms with Crippen LogP contribution in [0.25, 0.3) is 0 Å². The number of rotatable bonds is 4. The molecule has 24 heavy (non-hydrogen) atoms. The Kier molecular flexibility index (Phi) is 4.13. The van der Waals surface area contributed by atoms with Crippen LogP contribution >= 0.6 is 0 Å². The van der Waals surface area contributed by atoms with E-state index >= 15 is 0 Å². The molecule has 1 N–H and O–H groups in total. The van der Waals surface area contributed by atoms with Crippen molar-refractivity contribution in [3.05, 3.63) is 53.6 Å². The van der Waals surface area contributed by atoms with E-state index in [2.05, 4.69) is 5.32 Å². The molecule has 0 radical (unpaired) electrons. The molecule has 122 valence electrons. The van der Waals surface area contributed by atoms with E-state index in [0.29, 0.717) is 22.7 Å². The molecule has 1 aliphatic heterocycles. The molecule has 0 saturated carbocycles. The van der Waals surface area contributed by atoms with Crippen LogP contribution in [-0.2, 0) is 11.2 Å². The molecule has 0 fully saturated rings. The number of nitrogens with zero attached hydrogens (tertiary/aromatic N) is 1. The van der Waals surface area contributed by atoms with Crippen LogP contribution in [0.4, 0.5) is 5.69 Å². The molecule has 3 rings (SSSR count). The van der Waals surface area contributed by atoms with Crippen molar-refractivity contribution in [3.63, 3.8) is 0 Å². The third kappa shape index (κ3) is 3.33. The van der Waals surface area contributed by atoms with E-state index in [0.717, 1.165) is 12.0 Å². The topological polar surface area (TPSA) is 71.3 Å². The maximum absolute atomic E-state index is 12.1. The number of fused-ring (bicyclic) bond motifs is 1. The van der Waals surface area contributed by atoms with Crippen molar-refractivity contribution in [1.82, 2.24) is 0 Å². The van der Waals surface area contributed by atoms with Gasteiger partial charge in [-0.2, -0.15) is 5.26 Å². The van der Waals surface area contributed by atoms with Crippen LogP contribution in [0, 0.1) is 11.3 Å². The van der Waals surface area contributed by atoms with Crippen molar-refractivity contribution in [1.29, 1.82) is 5.26 Å². The van der Waals surface area contributed by atoms with Gasteiger partial charge in [0.05, 0.1) is 11.3 Å². The van der Waals surface area contributed by atoms with E-state index in [1.165, 1.54) is 0 Å². The Morgan fingerprint density at radius 2 is 2.08 bits per heavy atom. The van der Waals surface area contributed by atoms with Crippen LogP contribution in [0.1, 0.15) is 25.0 Å². The molecule has 0 saturated heterocycles. The van der Waals surface area contributed by atoms with Gasteiger partial charge >= 0.3 is 0 Å². The van der Waals surface area contributed by atoms with Gasteiger partial charge in [0.1, 0.15) is 11.7 Å². The zero-order valence-corrected chi connectivity index (χ0v) is 13.6. The molecule has 0 atom stereocenters. The summed E-state index contributed by atoms with van der Waals surface area (Å²) in [6, 6.07) is 14.6. The molecule has 0 bridgehead atoms. The molecular formula is C19H18N2O3. The number of carbonyl (C=O) groups excluding carboxylic acids is 1. The summed E-state index contributed by atoms with van der Waals surface area (Å²) in [7, 11) is 0. The first-order chi connectivity index (χ1) is 11.5. The fourth-order valence-corrected chi connectivity index (χ4v) is 2.72. The minimum atomic E-state index is -0.326. The molecule has 1 heterocycles. The fraction of sp³-hybridized carbons (Fsp3) is 0.263. The Balaban J connectivity index is 1.66. The second-order valence-electron chi connectivity index (χ2n) is 6.28. The van der Waals surface area contributed by atoms with Crippen LogP contribution in [0.3, 0.4) is 0 Å². The number of amides is 1. The second-order valence-corrected chi connectivity index (χ2v) is 6.28. The van der Waals surface area contributed by atoms with Crippen LogP contribution in [0.15, 0.2) is 42.5 Å². The largest absolute Gasteiger partial charge is 0.483 e. The van der Waals surface area contributed by atoms with Crippen molar-refractivity contribution >= 4 is 11.6 Å². The number of anilines is 1. The zero-order chi connectivity index (χ0) is 17.2. The van der Waals surface area contributed by atoms with Crippen molar-refractivity contribution in [2.45, 2.75) is 25.9 Å². The predicted octanol–water partition coefficient (Wildman–Crippen LogP) is 3.29. The highest BCUT2D eigenvalue weighted by atomic mass is 16.5. The minimum Gasteiger partial charge on any atom is -0.483 e. The van der Waals surface area contributed by atoms with Gasteiger partial charge in [0, 0.05) is 12.0 Å². The Hall–Kier alpha value is -3.00. The number of ether oxygens (including phenoxy) is 2. The molecule has 1 amide bonds. The number of hydrogen-bond donors (Lipinski definition) is 1. The SMILES string of the molecule is CC1(C)Cc2cccc(OCC(=O)Nc3ccccc3C#N)c2O1. The number of benzene rings is 2. The Morgan fingerprint density at radius 3 is 2.88 bits per heavy atom. The lowest BCUT2D eigenvalue weighted by Crippen LogP contribution is -2.25. The Bertz CT molecular complexity index is 822. The molecule has 5 heteroatoms. The van der Waals surface area contributed by atoms with Gasteiger partial charge in [0.15, 0.2) is 18.1 Å². The van der Waals surface area contributed by atoms with Gasteiger partial charge in [-0.15, -0.1) is 0 Å².